The number of hydrogen-bond acceptors (Lipinski definition) is 9. The van der Waals surface area contributed by atoms with E-state index in [0.29, 0.717) is 58.5 Å². The monoisotopic (exact) mass is 610 g/mol. The number of aliphatic hydroxyl groups excluding tert-OH is 1. The summed E-state index contributed by atoms with van der Waals surface area (Å²) in [5.41, 5.74) is 5.88. The number of aliphatic hydroxyl groups is 1. The molecule has 0 bridgehead atoms. The predicted molar refractivity (Wildman–Crippen MR) is 166 cm³/mol. The molecule has 5 rings (SSSR count). The van der Waals surface area contributed by atoms with Gasteiger partial charge < -0.3 is 19.6 Å². The molecule has 0 saturated carbocycles. The second-order valence-corrected chi connectivity index (χ2v) is 11.4. The summed E-state index contributed by atoms with van der Waals surface area (Å²) in [6.45, 7) is 10.2. The number of rotatable bonds is 10. The van der Waals surface area contributed by atoms with Crippen LogP contribution in [0.5, 0.6) is 5.75 Å². The molecule has 1 aromatic carbocycles. The molecule has 222 valence electrons. The van der Waals surface area contributed by atoms with Gasteiger partial charge in [0.05, 0.1) is 34.8 Å². The molecule has 4 aromatic rings. The SMILES string of the molecule is CCC[C@@H](O)COc1ccc(Cl)c(-c2nc(-c3c(C)c(Cl)nn3C)c(C)c(N3Cc4cnc(N(C)CC)nc4C3)n2)c1. The molecule has 42 heavy (non-hydrogen) atoms. The van der Waals surface area contributed by atoms with Gasteiger partial charge in [0.2, 0.25) is 5.95 Å². The molecule has 0 aliphatic carbocycles. The summed E-state index contributed by atoms with van der Waals surface area (Å²) in [5, 5.41) is 15.5. The van der Waals surface area contributed by atoms with Crippen LogP contribution in [0.2, 0.25) is 10.2 Å². The Kier molecular flexibility index (Phi) is 8.86. The molecule has 0 saturated heterocycles. The van der Waals surface area contributed by atoms with Crippen molar-refractivity contribution < 1.29 is 9.84 Å². The van der Waals surface area contributed by atoms with Gasteiger partial charge >= 0.3 is 0 Å². The van der Waals surface area contributed by atoms with E-state index < -0.39 is 6.10 Å². The Balaban J connectivity index is 1.60. The summed E-state index contributed by atoms with van der Waals surface area (Å²) in [6, 6.07) is 5.37. The number of aromatic nitrogens is 6. The standard InChI is InChI=1S/C30H36Cl2N8O2/c1-7-9-20(41)16-42-21-10-11-23(31)22(12-21)28-35-25(26-18(4)27(32)37-39(26)6)17(3)29(36-28)40-14-19-13-33-30(38(5)8-2)34-24(19)15-40/h10-13,20,41H,7-9,14-16H2,1-6H3/t20-/m1/s1. The van der Waals surface area contributed by atoms with E-state index in [1.807, 2.05) is 52.0 Å². The van der Waals surface area contributed by atoms with Crippen molar-refractivity contribution in [2.24, 2.45) is 7.05 Å². The lowest BCUT2D eigenvalue weighted by Crippen LogP contribution is -2.20. The third kappa shape index (κ3) is 5.88. The first-order valence-corrected chi connectivity index (χ1v) is 14.9. The molecule has 0 radical (unpaired) electrons. The molecular weight excluding hydrogens is 575 g/mol. The van der Waals surface area contributed by atoms with Gasteiger partial charge in [-0.2, -0.15) is 5.10 Å². The predicted octanol–water partition coefficient (Wildman–Crippen LogP) is 5.77. The van der Waals surface area contributed by atoms with E-state index >= 15 is 0 Å². The molecule has 1 aliphatic rings. The van der Waals surface area contributed by atoms with Crippen LogP contribution in [-0.2, 0) is 20.1 Å². The Morgan fingerprint density at radius 1 is 1.10 bits per heavy atom. The summed E-state index contributed by atoms with van der Waals surface area (Å²) in [7, 11) is 3.83. The summed E-state index contributed by atoms with van der Waals surface area (Å²) in [4.78, 5) is 23.7. The van der Waals surface area contributed by atoms with E-state index in [2.05, 4.69) is 21.9 Å². The number of anilines is 2. The lowest BCUT2D eigenvalue weighted by molar-refractivity contribution is 0.0994. The molecule has 1 atom stereocenters. The third-order valence-corrected chi connectivity index (χ3v) is 8.26. The van der Waals surface area contributed by atoms with Crippen LogP contribution >= 0.6 is 23.2 Å². The first-order valence-electron chi connectivity index (χ1n) is 14.1. The Hall–Kier alpha value is -3.47. The van der Waals surface area contributed by atoms with Gasteiger partial charge in [-0.3, -0.25) is 4.68 Å². The minimum absolute atomic E-state index is 0.190. The van der Waals surface area contributed by atoms with Gasteiger partial charge in [-0.15, -0.1) is 0 Å². The van der Waals surface area contributed by atoms with Crippen molar-refractivity contribution in [3.8, 4) is 28.5 Å². The number of aryl methyl sites for hydroxylation is 1. The number of nitrogens with zero attached hydrogens (tertiary/aromatic N) is 8. The molecule has 0 spiro atoms. The van der Waals surface area contributed by atoms with Gasteiger partial charge in [0, 0.05) is 55.6 Å². The zero-order chi connectivity index (χ0) is 30.1. The van der Waals surface area contributed by atoms with Crippen molar-refractivity contribution in [2.45, 2.75) is 59.7 Å². The van der Waals surface area contributed by atoms with Gasteiger partial charge in [-0.1, -0.05) is 36.5 Å². The fraction of sp³-hybridized carbons (Fsp3) is 0.433. The molecular formula is C30H36Cl2N8O2. The smallest absolute Gasteiger partial charge is 0.225 e. The maximum Gasteiger partial charge on any atom is 0.225 e. The summed E-state index contributed by atoms with van der Waals surface area (Å²) < 4.78 is 7.65. The molecule has 1 aliphatic heterocycles. The normalized spacial score (nSPS) is 13.4. The van der Waals surface area contributed by atoms with Crippen molar-refractivity contribution in [1.29, 1.82) is 0 Å². The molecule has 4 heterocycles. The van der Waals surface area contributed by atoms with Gasteiger partial charge in [-0.25, -0.2) is 19.9 Å². The highest BCUT2D eigenvalue weighted by Gasteiger charge is 2.28. The largest absolute Gasteiger partial charge is 0.491 e. The third-order valence-electron chi connectivity index (χ3n) is 7.57. The van der Waals surface area contributed by atoms with E-state index in [9.17, 15) is 5.11 Å². The van der Waals surface area contributed by atoms with Crippen LogP contribution in [0, 0.1) is 13.8 Å². The maximum atomic E-state index is 10.2. The van der Waals surface area contributed by atoms with Gasteiger partial charge in [0.1, 0.15) is 18.2 Å². The fourth-order valence-corrected chi connectivity index (χ4v) is 5.49. The molecule has 0 unspecified atom stereocenters. The number of fused-ring (bicyclic) bond motifs is 1. The zero-order valence-corrected chi connectivity index (χ0v) is 26.3. The first kappa shape index (κ1) is 30.0. The molecule has 1 N–H and O–H groups in total. The first-order chi connectivity index (χ1) is 20.1. The number of hydrogen-bond donors (Lipinski definition) is 1. The fourth-order valence-electron chi connectivity index (χ4n) is 5.08. The van der Waals surface area contributed by atoms with Crippen molar-refractivity contribution in [2.75, 3.05) is 30.0 Å². The van der Waals surface area contributed by atoms with Crippen LogP contribution in [-0.4, -0.2) is 61.1 Å². The van der Waals surface area contributed by atoms with Crippen LogP contribution < -0.4 is 14.5 Å². The average Bonchev–Trinajstić information content (AvgIpc) is 3.51. The van der Waals surface area contributed by atoms with Crippen LogP contribution in [0.15, 0.2) is 24.4 Å². The van der Waals surface area contributed by atoms with Gasteiger partial charge in [0.25, 0.3) is 0 Å². The Morgan fingerprint density at radius 2 is 1.88 bits per heavy atom. The quantitative estimate of drug-likeness (QED) is 0.239. The Bertz CT molecular complexity index is 1610. The molecule has 0 fully saturated rings. The second-order valence-electron chi connectivity index (χ2n) is 10.6. The van der Waals surface area contributed by atoms with E-state index in [4.69, 9.17) is 42.9 Å². The van der Waals surface area contributed by atoms with Crippen LogP contribution in [0.1, 0.15) is 49.1 Å². The highest BCUT2D eigenvalue weighted by Crippen LogP contribution is 2.39. The topological polar surface area (TPSA) is 105 Å². The summed E-state index contributed by atoms with van der Waals surface area (Å²) >= 11 is 13.2. The molecule has 12 heteroatoms. The van der Waals surface area contributed by atoms with Crippen molar-refractivity contribution in [1.82, 2.24) is 29.7 Å². The minimum Gasteiger partial charge on any atom is -0.491 e. The van der Waals surface area contributed by atoms with E-state index in [1.165, 1.54) is 0 Å². The van der Waals surface area contributed by atoms with Crippen LogP contribution in [0.4, 0.5) is 11.8 Å². The number of ether oxygens (including phenoxy) is 1. The van der Waals surface area contributed by atoms with Gasteiger partial charge in [-0.05, 0) is 45.4 Å². The minimum atomic E-state index is -0.543. The summed E-state index contributed by atoms with van der Waals surface area (Å²) in [5.74, 6) is 2.48. The van der Waals surface area contributed by atoms with Crippen molar-refractivity contribution >= 4 is 35.0 Å². The Labute approximate surface area is 256 Å². The highest BCUT2D eigenvalue weighted by molar-refractivity contribution is 6.33. The van der Waals surface area contributed by atoms with Crippen molar-refractivity contribution in [3.63, 3.8) is 0 Å². The van der Waals surface area contributed by atoms with E-state index in [0.717, 1.165) is 46.9 Å². The van der Waals surface area contributed by atoms with Crippen LogP contribution in [0.3, 0.4) is 0 Å². The van der Waals surface area contributed by atoms with E-state index in [-0.39, 0.29) is 6.61 Å². The van der Waals surface area contributed by atoms with E-state index in [1.54, 1.807) is 16.8 Å². The highest BCUT2D eigenvalue weighted by atomic mass is 35.5. The van der Waals surface area contributed by atoms with Crippen molar-refractivity contribution in [3.05, 3.63) is 57.0 Å². The Morgan fingerprint density at radius 3 is 2.57 bits per heavy atom. The molecule has 0 amide bonds. The second kappa shape index (κ2) is 12.4. The number of benzene rings is 1. The number of halogens is 2. The maximum absolute atomic E-state index is 10.2. The molecule has 10 nitrogen and oxygen atoms in total. The lowest BCUT2D eigenvalue weighted by Gasteiger charge is -2.22. The van der Waals surface area contributed by atoms with Crippen LogP contribution in [0.25, 0.3) is 22.8 Å². The lowest BCUT2D eigenvalue weighted by atomic mass is 10.1. The van der Waals surface area contributed by atoms with Gasteiger partial charge in [0.15, 0.2) is 11.0 Å². The average molecular weight is 612 g/mol. The zero-order valence-electron chi connectivity index (χ0n) is 24.8. The summed E-state index contributed by atoms with van der Waals surface area (Å²) in [6.07, 6.45) is 2.90. The molecule has 3 aromatic heterocycles.